The second-order valence-electron chi connectivity index (χ2n) is 9.73. The van der Waals surface area contributed by atoms with Crippen LogP contribution >= 0.6 is 11.6 Å². The average Bonchev–Trinajstić information content (AvgIpc) is 2.82. The Labute approximate surface area is 216 Å². The van der Waals surface area contributed by atoms with E-state index in [0.29, 0.717) is 22.6 Å². The monoisotopic (exact) mass is 513 g/mol. The number of aryl methyl sites for hydroxylation is 1. The summed E-state index contributed by atoms with van der Waals surface area (Å²) >= 11 is 5.84. The van der Waals surface area contributed by atoms with Crippen LogP contribution in [0.1, 0.15) is 53.9 Å². The van der Waals surface area contributed by atoms with Crippen molar-refractivity contribution in [2.75, 3.05) is 13.2 Å². The molecule has 0 spiro atoms. The topological polar surface area (TPSA) is 78.8 Å². The predicted molar refractivity (Wildman–Crippen MR) is 141 cm³/mol. The minimum atomic E-state index is -0.951. The van der Waals surface area contributed by atoms with E-state index in [2.05, 4.69) is 5.32 Å². The summed E-state index contributed by atoms with van der Waals surface area (Å²) in [5.74, 6) is -1.30. The fourth-order valence-corrected chi connectivity index (χ4v) is 4.35. The highest BCUT2D eigenvalue weighted by atomic mass is 35.5. The Morgan fingerprint density at radius 1 is 1.14 bits per heavy atom. The van der Waals surface area contributed by atoms with Gasteiger partial charge in [0.2, 0.25) is 0 Å². The number of halogens is 2. The summed E-state index contributed by atoms with van der Waals surface area (Å²) in [6.45, 7) is 8.00. The maximum Gasteiger partial charge on any atom is 0.335 e. The number of aromatic carboxylic acids is 1. The molecule has 0 aliphatic rings. The first-order valence-electron chi connectivity index (χ1n) is 11.9. The quantitative estimate of drug-likeness (QED) is 0.284. The maximum absolute atomic E-state index is 14.2. The van der Waals surface area contributed by atoms with E-state index in [1.807, 2.05) is 51.1 Å². The first-order chi connectivity index (χ1) is 17.0. The van der Waals surface area contributed by atoms with Crippen LogP contribution in [0.4, 0.5) is 4.39 Å². The second-order valence-corrected chi connectivity index (χ2v) is 10.2. The third-order valence-corrected chi connectivity index (χ3v) is 6.40. The summed E-state index contributed by atoms with van der Waals surface area (Å²) in [4.78, 5) is 11.4. The van der Waals surface area contributed by atoms with Crippen LogP contribution in [0.3, 0.4) is 0 Å². The molecule has 3 aromatic rings. The average molecular weight is 514 g/mol. The summed E-state index contributed by atoms with van der Waals surface area (Å²) in [7, 11) is 0. The van der Waals surface area contributed by atoms with Gasteiger partial charge in [0.15, 0.2) is 0 Å². The van der Waals surface area contributed by atoms with Crippen LogP contribution in [-0.4, -0.2) is 41.0 Å². The fourth-order valence-electron chi connectivity index (χ4n) is 4.19. The molecule has 0 aliphatic heterocycles. The van der Waals surface area contributed by atoms with Gasteiger partial charge in [-0.05, 0) is 80.1 Å². The van der Waals surface area contributed by atoms with Gasteiger partial charge in [-0.15, -0.1) is 0 Å². The molecule has 0 radical (unpaired) electrons. The largest absolute Gasteiger partial charge is 0.478 e. The molecule has 0 saturated carbocycles. The molecule has 0 amide bonds. The van der Waals surface area contributed by atoms with Crippen molar-refractivity contribution in [3.63, 3.8) is 0 Å². The van der Waals surface area contributed by atoms with Gasteiger partial charge >= 0.3 is 5.97 Å². The first-order valence-corrected chi connectivity index (χ1v) is 12.3. The molecule has 0 aliphatic carbocycles. The number of benzene rings is 3. The Balaban J connectivity index is 1.59. The lowest BCUT2D eigenvalue weighted by molar-refractivity contribution is -0.00398. The molecule has 3 aromatic carbocycles. The molecule has 2 atom stereocenters. The minimum Gasteiger partial charge on any atom is -0.478 e. The lowest BCUT2D eigenvalue weighted by Gasteiger charge is -2.28. The van der Waals surface area contributed by atoms with Crippen molar-refractivity contribution >= 4 is 17.6 Å². The summed E-state index contributed by atoms with van der Waals surface area (Å²) in [6.07, 6.45) is -0.620. The molecule has 0 heterocycles. The van der Waals surface area contributed by atoms with Crippen molar-refractivity contribution in [2.45, 2.75) is 51.9 Å². The van der Waals surface area contributed by atoms with E-state index >= 15 is 0 Å². The number of hydrogen-bond donors (Lipinski definition) is 3. The van der Waals surface area contributed by atoms with Gasteiger partial charge in [0.05, 0.1) is 24.4 Å². The molecule has 0 saturated heterocycles. The van der Waals surface area contributed by atoms with E-state index in [4.69, 9.17) is 16.3 Å². The van der Waals surface area contributed by atoms with Gasteiger partial charge in [0.1, 0.15) is 5.82 Å². The predicted octanol–water partition coefficient (Wildman–Crippen LogP) is 6.20. The molecule has 0 bridgehead atoms. The van der Waals surface area contributed by atoms with E-state index < -0.39 is 17.6 Å². The number of ether oxygens (including phenoxy) is 1. The highest BCUT2D eigenvalue weighted by Crippen LogP contribution is 2.31. The molecule has 192 valence electrons. The van der Waals surface area contributed by atoms with E-state index in [-0.39, 0.29) is 30.6 Å². The zero-order valence-electron chi connectivity index (χ0n) is 21.0. The highest BCUT2D eigenvalue weighted by molar-refractivity contribution is 6.30. The molecular formula is C29H33ClFNO4. The number of rotatable bonds is 11. The highest BCUT2D eigenvalue weighted by Gasteiger charge is 2.22. The molecule has 0 fully saturated rings. The molecule has 5 nitrogen and oxygen atoms in total. The summed E-state index contributed by atoms with van der Waals surface area (Å²) < 4.78 is 20.2. The van der Waals surface area contributed by atoms with E-state index in [9.17, 15) is 19.4 Å². The minimum absolute atomic E-state index is 0.116. The first kappa shape index (κ1) is 27.8. The van der Waals surface area contributed by atoms with Crippen molar-refractivity contribution in [3.8, 4) is 11.1 Å². The van der Waals surface area contributed by atoms with Crippen LogP contribution in [0.15, 0.2) is 60.7 Å². The normalized spacial score (nSPS) is 13.4. The van der Waals surface area contributed by atoms with Crippen molar-refractivity contribution < 1.29 is 24.1 Å². The van der Waals surface area contributed by atoms with Gasteiger partial charge < -0.3 is 20.3 Å². The fraction of sp³-hybridized carbons (Fsp3) is 0.345. The van der Waals surface area contributed by atoms with Crippen LogP contribution in [-0.2, 0) is 11.2 Å². The third kappa shape index (κ3) is 7.37. The number of hydrogen-bond acceptors (Lipinski definition) is 4. The van der Waals surface area contributed by atoms with Gasteiger partial charge in [-0.3, -0.25) is 0 Å². The van der Waals surface area contributed by atoms with Crippen molar-refractivity contribution in [1.29, 1.82) is 0 Å². The third-order valence-electron chi connectivity index (χ3n) is 6.17. The van der Waals surface area contributed by atoms with E-state index in [1.54, 1.807) is 31.2 Å². The molecule has 1 unspecified atom stereocenters. The number of aliphatic hydroxyl groups excluding tert-OH is 1. The van der Waals surface area contributed by atoms with Crippen molar-refractivity contribution in [1.82, 2.24) is 5.32 Å². The number of β-amino-alcohol motifs (C(OH)–C–C–N with tert-alkyl or cyclic N) is 1. The van der Waals surface area contributed by atoms with Gasteiger partial charge in [-0.25, -0.2) is 9.18 Å². The van der Waals surface area contributed by atoms with Crippen LogP contribution < -0.4 is 5.32 Å². The second kappa shape index (κ2) is 12.0. The zero-order valence-corrected chi connectivity index (χ0v) is 21.8. The molecule has 3 rings (SSSR count). The Bertz CT molecular complexity index is 1210. The molecule has 0 aromatic heterocycles. The number of carboxylic acids is 1. The Morgan fingerprint density at radius 3 is 2.53 bits per heavy atom. The van der Waals surface area contributed by atoms with E-state index in [0.717, 1.165) is 16.7 Å². The Kier molecular flexibility index (Phi) is 9.25. The summed E-state index contributed by atoms with van der Waals surface area (Å²) in [5, 5.41) is 23.5. The summed E-state index contributed by atoms with van der Waals surface area (Å²) in [6, 6.07) is 17.7. The van der Waals surface area contributed by atoms with Crippen molar-refractivity contribution in [3.05, 3.63) is 93.8 Å². The van der Waals surface area contributed by atoms with Gasteiger partial charge in [0.25, 0.3) is 0 Å². The van der Waals surface area contributed by atoms with Gasteiger partial charge in [-0.1, -0.05) is 54.1 Å². The van der Waals surface area contributed by atoms with Gasteiger partial charge in [0, 0.05) is 17.1 Å². The van der Waals surface area contributed by atoms with E-state index in [1.165, 1.54) is 6.07 Å². The van der Waals surface area contributed by atoms with Crippen LogP contribution in [0.25, 0.3) is 11.1 Å². The number of carboxylic acid groups (broad SMARTS) is 1. The standard InChI is InChI=1S/C29H33ClFNO4/c1-18-13-20(10-12-24(18)28(34)35)26-8-6-5-7-25(26)19(2)36-17-23(33)16-32-29(3,4)15-21-9-11-22(30)14-27(21)31/h5-14,19,23,32-33H,15-17H2,1-4H3,(H,34,35)/t19?,23-/m0/s1. The molecule has 3 N–H and O–H groups in total. The number of carbonyl (C=O) groups is 1. The molecule has 36 heavy (non-hydrogen) atoms. The maximum atomic E-state index is 14.2. The van der Waals surface area contributed by atoms with Crippen molar-refractivity contribution in [2.24, 2.45) is 0 Å². The van der Waals surface area contributed by atoms with Gasteiger partial charge in [-0.2, -0.15) is 0 Å². The lowest BCUT2D eigenvalue weighted by Crippen LogP contribution is -2.46. The Hall–Kier alpha value is -2.77. The van der Waals surface area contributed by atoms with Crippen LogP contribution in [0.5, 0.6) is 0 Å². The SMILES string of the molecule is Cc1cc(-c2ccccc2C(C)OC[C@@H](O)CNC(C)(C)Cc2ccc(Cl)cc2F)ccc1C(=O)O. The lowest BCUT2D eigenvalue weighted by atomic mass is 9.94. The molecule has 7 heteroatoms. The number of nitrogens with one attached hydrogen (secondary N) is 1. The molecular weight excluding hydrogens is 481 g/mol. The van der Waals surface area contributed by atoms with Crippen LogP contribution in [0.2, 0.25) is 5.02 Å². The summed E-state index contributed by atoms with van der Waals surface area (Å²) in [5.41, 5.74) is 3.86. The smallest absolute Gasteiger partial charge is 0.335 e. The Morgan fingerprint density at radius 2 is 1.86 bits per heavy atom. The zero-order chi connectivity index (χ0) is 26.5. The van der Waals surface area contributed by atoms with Crippen LogP contribution in [0, 0.1) is 12.7 Å². The number of aliphatic hydroxyl groups is 1.